The standard InChI is InChI=1S/C19H23ClN2O4S/c1-3-26-18-9-5-4-7-14(18)8-6-12-21-19(23)16-13-15(10-11-17(16)20)22-27(2,24)25/h4-5,7,9-11,13,22H,3,6,8,12H2,1-2H3,(H,21,23). The maximum absolute atomic E-state index is 12.4. The predicted octanol–water partition coefficient (Wildman–Crippen LogP) is 3.47. The van der Waals surface area contributed by atoms with E-state index in [1.165, 1.54) is 18.2 Å². The van der Waals surface area contributed by atoms with Crippen LogP contribution in [-0.4, -0.2) is 33.7 Å². The Labute approximate surface area is 164 Å². The molecule has 0 atom stereocenters. The number of aryl methyl sites for hydroxylation is 1. The molecule has 0 aliphatic rings. The van der Waals surface area contributed by atoms with Gasteiger partial charge in [0, 0.05) is 12.2 Å². The third-order valence-corrected chi connectivity index (χ3v) is 4.63. The van der Waals surface area contributed by atoms with Gasteiger partial charge in [0.05, 0.1) is 23.4 Å². The first-order valence-electron chi connectivity index (χ1n) is 8.56. The zero-order valence-corrected chi connectivity index (χ0v) is 16.9. The lowest BCUT2D eigenvalue weighted by Crippen LogP contribution is -2.25. The molecule has 0 radical (unpaired) electrons. The number of halogens is 1. The molecular formula is C19H23ClN2O4S. The molecule has 0 saturated carbocycles. The van der Waals surface area contributed by atoms with Crippen LogP contribution in [0.4, 0.5) is 5.69 Å². The molecule has 6 nitrogen and oxygen atoms in total. The summed E-state index contributed by atoms with van der Waals surface area (Å²) in [6, 6.07) is 12.2. The number of nitrogens with one attached hydrogen (secondary N) is 2. The molecule has 0 aliphatic heterocycles. The third kappa shape index (κ3) is 6.77. The summed E-state index contributed by atoms with van der Waals surface area (Å²) in [6.07, 6.45) is 2.54. The molecule has 8 heteroatoms. The molecule has 0 heterocycles. The van der Waals surface area contributed by atoms with Gasteiger partial charge in [-0.1, -0.05) is 29.8 Å². The Morgan fingerprint density at radius 2 is 1.93 bits per heavy atom. The van der Waals surface area contributed by atoms with E-state index in [2.05, 4.69) is 10.0 Å². The first-order chi connectivity index (χ1) is 12.8. The molecule has 0 bridgehead atoms. The topological polar surface area (TPSA) is 84.5 Å². The second kappa shape index (κ2) is 9.62. The summed E-state index contributed by atoms with van der Waals surface area (Å²) < 4.78 is 30.6. The molecule has 0 fully saturated rings. The number of rotatable bonds is 9. The zero-order chi connectivity index (χ0) is 19.9. The Morgan fingerprint density at radius 1 is 1.19 bits per heavy atom. The van der Waals surface area contributed by atoms with E-state index >= 15 is 0 Å². The highest BCUT2D eigenvalue weighted by Gasteiger charge is 2.12. The van der Waals surface area contributed by atoms with Gasteiger partial charge in [-0.25, -0.2) is 8.42 Å². The van der Waals surface area contributed by atoms with Crippen LogP contribution in [0.25, 0.3) is 0 Å². The van der Waals surface area contributed by atoms with Crippen LogP contribution in [0.15, 0.2) is 42.5 Å². The SMILES string of the molecule is CCOc1ccccc1CCCNC(=O)c1cc(NS(C)(=O)=O)ccc1Cl. The van der Waals surface area contributed by atoms with Crippen LogP contribution < -0.4 is 14.8 Å². The fourth-order valence-corrected chi connectivity index (χ4v) is 3.32. The van der Waals surface area contributed by atoms with Crippen LogP contribution in [0.5, 0.6) is 5.75 Å². The smallest absolute Gasteiger partial charge is 0.252 e. The lowest BCUT2D eigenvalue weighted by Gasteiger charge is -2.11. The Morgan fingerprint density at radius 3 is 2.63 bits per heavy atom. The Bertz CT molecular complexity index is 900. The van der Waals surface area contributed by atoms with Crippen LogP contribution in [0, 0.1) is 0 Å². The number of hydrogen-bond donors (Lipinski definition) is 2. The molecule has 1 amide bonds. The molecule has 2 N–H and O–H groups in total. The minimum absolute atomic E-state index is 0.222. The summed E-state index contributed by atoms with van der Waals surface area (Å²) in [6.45, 7) is 3.00. The van der Waals surface area contributed by atoms with Gasteiger partial charge in [-0.15, -0.1) is 0 Å². The van der Waals surface area contributed by atoms with E-state index in [1.807, 2.05) is 31.2 Å². The van der Waals surface area contributed by atoms with Crippen molar-refractivity contribution in [2.45, 2.75) is 19.8 Å². The number of para-hydroxylation sites is 1. The molecule has 2 aromatic rings. The highest BCUT2D eigenvalue weighted by atomic mass is 35.5. The normalized spacial score (nSPS) is 11.1. The van der Waals surface area contributed by atoms with E-state index in [4.69, 9.17) is 16.3 Å². The van der Waals surface area contributed by atoms with Crippen molar-refractivity contribution in [1.29, 1.82) is 0 Å². The molecular weight excluding hydrogens is 388 g/mol. The summed E-state index contributed by atoms with van der Waals surface area (Å²) in [5.74, 6) is 0.504. The summed E-state index contributed by atoms with van der Waals surface area (Å²) in [5, 5.41) is 3.07. The van der Waals surface area contributed by atoms with Crippen molar-refractivity contribution >= 4 is 33.2 Å². The van der Waals surface area contributed by atoms with Gasteiger partial charge in [0.2, 0.25) is 10.0 Å². The number of amides is 1. The molecule has 0 aromatic heterocycles. The minimum atomic E-state index is -3.43. The highest BCUT2D eigenvalue weighted by Crippen LogP contribution is 2.22. The number of carbonyl (C=O) groups excluding carboxylic acids is 1. The van der Waals surface area contributed by atoms with Crippen LogP contribution >= 0.6 is 11.6 Å². The summed E-state index contributed by atoms with van der Waals surface area (Å²) in [5.41, 5.74) is 1.60. The van der Waals surface area contributed by atoms with Gasteiger partial charge < -0.3 is 10.1 Å². The summed E-state index contributed by atoms with van der Waals surface area (Å²) >= 11 is 6.07. The van der Waals surface area contributed by atoms with Gasteiger partial charge in [0.15, 0.2) is 0 Å². The number of sulfonamides is 1. The first-order valence-corrected chi connectivity index (χ1v) is 10.8. The van der Waals surface area contributed by atoms with Gasteiger partial charge in [-0.2, -0.15) is 0 Å². The number of benzene rings is 2. The van der Waals surface area contributed by atoms with Gasteiger partial charge >= 0.3 is 0 Å². The maximum Gasteiger partial charge on any atom is 0.252 e. The number of ether oxygens (including phenoxy) is 1. The van der Waals surface area contributed by atoms with Crippen LogP contribution in [0.2, 0.25) is 5.02 Å². The van der Waals surface area contributed by atoms with Crippen molar-refractivity contribution in [3.8, 4) is 5.75 Å². The van der Waals surface area contributed by atoms with Crippen molar-refractivity contribution in [3.05, 3.63) is 58.6 Å². The second-order valence-electron chi connectivity index (χ2n) is 5.97. The highest BCUT2D eigenvalue weighted by molar-refractivity contribution is 7.92. The monoisotopic (exact) mass is 410 g/mol. The molecule has 2 aromatic carbocycles. The molecule has 0 aliphatic carbocycles. The molecule has 146 valence electrons. The summed E-state index contributed by atoms with van der Waals surface area (Å²) in [7, 11) is -3.43. The maximum atomic E-state index is 12.4. The fraction of sp³-hybridized carbons (Fsp3) is 0.316. The number of hydrogen-bond acceptors (Lipinski definition) is 4. The van der Waals surface area contributed by atoms with E-state index in [-0.39, 0.29) is 22.2 Å². The van der Waals surface area contributed by atoms with Gasteiger partial charge in [0.1, 0.15) is 5.75 Å². The van der Waals surface area contributed by atoms with Crippen molar-refractivity contribution < 1.29 is 17.9 Å². The lowest BCUT2D eigenvalue weighted by molar-refractivity contribution is 0.0953. The first kappa shape index (κ1) is 21.1. The van der Waals surface area contributed by atoms with E-state index < -0.39 is 10.0 Å². The number of anilines is 1. The van der Waals surface area contributed by atoms with Crippen molar-refractivity contribution in [2.24, 2.45) is 0 Å². The molecule has 0 unspecified atom stereocenters. The fourth-order valence-electron chi connectivity index (χ4n) is 2.56. The Hall–Kier alpha value is -2.25. The average Bonchev–Trinajstić information content (AvgIpc) is 2.60. The predicted molar refractivity (Wildman–Crippen MR) is 108 cm³/mol. The van der Waals surface area contributed by atoms with Crippen LogP contribution in [-0.2, 0) is 16.4 Å². The quantitative estimate of drug-likeness (QED) is 0.620. The van der Waals surface area contributed by atoms with E-state index in [0.29, 0.717) is 13.2 Å². The van der Waals surface area contributed by atoms with Gasteiger partial charge in [-0.05, 0) is 49.6 Å². The van der Waals surface area contributed by atoms with E-state index in [1.54, 1.807) is 0 Å². The molecule has 2 rings (SSSR count). The van der Waals surface area contributed by atoms with E-state index in [0.717, 1.165) is 30.4 Å². The summed E-state index contributed by atoms with van der Waals surface area (Å²) in [4.78, 5) is 12.4. The Balaban J connectivity index is 1.93. The molecule has 0 spiro atoms. The Kier molecular flexibility index (Phi) is 7.50. The number of carbonyl (C=O) groups is 1. The third-order valence-electron chi connectivity index (χ3n) is 3.70. The lowest BCUT2D eigenvalue weighted by atomic mass is 10.1. The van der Waals surface area contributed by atoms with Crippen molar-refractivity contribution in [3.63, 3.8) is 0 Å². The minimum Gasteiger partial charge on any atom is -0.494 e. The van der Waals surface area contributed by atoms with Gasteiger partial charge in [0.25, 0.3) is 5.91 Å². The van der Waals surface area contributed by atoms with Crippen molar-refractivity contribution in [2.75, 3.05) is 24.1 Å². The molecule has 0 saturated heterocycles. The van der Waals surface area contributed by atoms with Crippen LogP contribution in [0.1, 0.15) is 29.3 Å². The second-order valence-corrected chi connectivity index (χ2v) is 8.12. The average molecular weight is 411 g/mol. The largest absolute Gasteiger partial charge is 0.494 e. The molecule has 27 heavy (non-hydrogen) atoms. The zero-order valence-electron chi connectivity index (χ0n) is 15.3. The van der Waals surface area contributed by atoms with Gasteiger partial charge in [-0.3, -0.25) is 9.52 Å². The van der Waals surface area contributed by atoms with E-state index in [9.17, 15) is 13.2 Å². The van der Waals surface area contributed by atoms with Crippen molar-refractivity contribution in [1.82, 2.24) is 5.32 Å². The van der Waals surface area contributed by atoms with Crippen LogP contribution in [0.3, 0.4) is 0 Å².